The van der Waals surface area contributed by atoms with Crippen molar-refractivity contribution in [3.63, 3.8) is 0 Å². The van der Waals surface area contributed by atoms with Crippen LogP contribution >= 0.6 is 0 Å². The molecule has 0 saturated carbocycles. The Morgan fingerprint density at radius 1 is 0.531 bits per heavy atom. The summed E-state index contributed by atoms with van der Waals surface area (Å²) in [4.78, 5) is 30.3. The molecule has 5 rings (SSSR count). The molecule has 0 aliphatic heterocycles. The van der Waals surface area contributed by atoms with Crippen LogP contribution in [-0.2, 0) is 0 Å². The van der Waals surface area contributed by atoms with Gasteiger partial charge in [0.1, 0.15) is 0 Å². The average Bonchev–Trinajstić information content (AvgIpc) is 2.81. The first-order chi connectivity index (χ1) is 15.4. The van der Waals surface area contributed by atoms with Gasteiger partial charge in [0.2, 0.25) is 11.6 Å². The van der Waals surface area contributed by atoms with Gasteiger partial charge < -0.3 is 9.80 Å². The predicted molar refractivity (Wildman–Crippen MR) is 132 cm³/mol. The van der Waals surface area contributed by atoms with Gasteiger partial charge in [-0.1, -0.05) is 42.5 Å². The van der Waals surface area contributed by atoms with Crippen LogP contribution in [0.3, 0.4) is 0 Å². The van der Waals surface area contributed by atoms with Crippen molar-refractivity contribution in [1.82, 2.24) is 0 Å². The first-order valence-corrected chi connectivity index (χ1v) is 10.6. The predicted octanol–water partition coefficient (Wildman–Crippen LogP) is 5.68. The number of hydrogen-bond acceptors (Lipinski definition) is 4. The third-order valence-corrected chi connectivity index (χ3v) is 6.23. The smallest absolute Gasteiger partial charge is 0.234 e. The van der Waals surface area contributed by atoms with Crippen molar-refractivity contribution >= 4 is 33.7 Å². The van der Waals surface area contributed by atoms with Gasteiger partial charge in [0.05, 0.1) is 0 Å². The molecule has 0 unspecified atom stereocenters. The molecule has 1 aliphatic carbocycles. The maximum atomic E-state index is 13.3. The standard InChI is InChI=1S/C28H24N2O2/c1-29(2)18-11-9-17(10-12-18)23-16-25-20-7-5-6-8-22(20)27(31)28(32)26(25)24-15-19(30(3)4)13-14-21(23)24/h5-16H,1-4H3. The van der Waals surface area contributed by atoms with Gasteiger partial charge in [0.15, 0.2) is 0 Å². The molecule has 0 spiro atoms. The van der Waals surface area contributed by atoms with Crippen LogP contribution in [0.4, 0.5) is 11.4 Å². The Morgan fingerprint density at radius 2 is 1.16 bits per heavy atom. The number of carbonyl (C=O) groups is 2. The normalized spacial score (nSPS) is 12.5. The number of rotatable bonds is 3. The molecule has 4 aromatic carbocycles. The van der Waals surface area contributed by atoms with Crippen molar-refractivity contribution in [2.45, 2.75) is 0 Å². The Hall–Kier alpha value is -3.92. The van der Waals surface area contributed by atoms with E-state index in [1.807, 2.05) is 51.3 Å². The number of benzene rings is 4. The fourth-order valence-corrected chi connectivity index (χ4v) is 4.48. The van der Waals surface area contributed by atoms with Crippen LogP contribution in [0.25, 0.3) is 33.0 Å². The Labute approximate surface area is 187 Å². The summed E-state index contributed by atoms with van der Waals surface area (Å²) >= 11 is 0. The molecule has 4 aromatic rings. The zero-order chi connectivity index (χ0) is 22.6. The van der Waals surface area contributed by atoms with E-state index >= 15 is 0 Å². The van der Waals surface area contributed by atoms with E-state index in [2.05, 4.69) is 47.4 Å². The summed E-state index contributed by atoms with van der Waals surface area (Å²) in [7, 11) is 7.98. The van der Waals surface area contributed by atoms with Crippen molar-refractivity contribution in [1.29, 1.82) is 0 Å². The largest absolute Gasteiger partial charge is 0.378 e. The van der Waals surface area contributed by atoms with Gasteiger partial charge >= 0.3 is 0 Å². The van der Waals surface area contributed by atoms with Crippen molar-refractivity contribution in [2.75, 3.05) is 38.0 Å². The fourth-order valence-electron chi connectivity index (χ4n) is 4.48. The number of anilines is 2. The van der Waals surface area contributed by atoms with E-state index in [-0.39, 0.29) is 0 Å². The number of nitrogens with zero attached hydrogens (tertiary/aromatic N) is 2. The molecule has 0 N–H and O–H groups in total. The number of ketones is 2. The molecule has 158 valence electrons. The summed E-state index contributed by atoms with van der Waals surface area (Å²) in [6.45, 7) is 0. The highest BCUT2D eigenvalue weighted by Gasteiger charge is 2.32. The van der Waals surface area contributed by atoms with Crippen LogP contribution < -0.4 is 9.80 Å². The molecule has 0 saturated heterocycles. The summed E-state index contributed by atoms with van der Waals surface area (Å²) in [5.74, 6) is -0.873. The minimum absolute atomic E-state index is 0.436. The number of fused-ring (bicyclic) bond motifs is 5. The molecule has 0 bridgehead atoms. The highest BCUT2D eigenvalue weighted by Crippen LogP contribution is 2.43. The van der Waals surface area contributed by atoms with Crippen LogP contribution in [0, 0.1) is 0 Å². The SMILES string of the molecule is CN(C)c1ccc(-c2cc3c(c4cc(N(C)C)ccc24)C(=O)C(=O)c2ccccc2-3)cc1. The number of carbonyl (C=O) groups excluding carboxylic acids is 2. The lowest BCUT2D eigenvalue weighted by Gasteiger charge is -2.23. The lowest BCUT2D eigenvalue weighted by molar-refractivity contribution is 0.0816. The monoisotopic (exact) mass is 420 g/mol. The topological polar surface area (TPSA) is 40.6 Å². The van der Waals surface area contributed by atoms with Crippen molar-refractivity contribution in [2.24, 2.45) is 0 Å². The van der Waals surface area contributed by atoms with Crippen LogP contribution in [0.2, 0.25) is 0 Å². The van der Waals surface area contributed by atoms with Crippen LogP contribution in [0.1, 0.15) is 20.7 Å². The quantitative estimate of drug-likeness (QED) is 0.400. The zero-order valence-electron chi connectivity index (χ0n) is 18.6. The van der Waals surface area contributed by atoms with Crippen molar-refractivity contribution in [3.05, 3.63) is 83.9 Å². The van der Waals surface area contributed by atoms with E-state index in [1.165, 1.54) is 0 Å². The first-order valence-electron chi connectivity index (χ1n) is 10.6. The lowest BCUT2D eigenvalue weighted by Crippen LogP contribution is -2.22. The summed E-state index contributed by atoms with van der Waals surface area (Å²) in [5.41, 5.74) is 6.84. The van der Waals surface area contributed by atoms with Gasteiger partial charge in [-0.05, 0) is 63.4 Å². The zero-order valence-corrected chi connectivity index (χ0v) is 18.6. The Morgan fingerprint density at radius 3 is 1.81 bits per heavy atom. The average molecular weight is 421 g/mol. The molecule has 0 fully saturated rings. The second-order valence-electron chi connectivity index (χ2n) is 8.62. The van der Waals surface area contributed by atoms with Gasteiger partial charge in [-0.3, -0.25) is 9.59 Å². The lowest BCUT2D eigenvalue weighted by atomic mass is 9.79. The third kappa shape index (κ3) is 2.99. The Balaban J connectivity index is 1.88. The minimum atomic E-state index is -0.437. The van der Waals surface area contributed by atoms with Gasteiger partial charge in [-0.15, -0.1) is 0 Å². The number of hydrogen-bond donors (Lipinski definition) is 0. The first kappa shape index (κ1) is 20.0. The van der Waals surface area contributed by atoms with Gasteiger partial charge in [-0.25, -0.2) is 0 Å². The van der Waals surface area contributed by atoms with E-state index in [0.717, 1.165) is 44.4 Å². The van der Waals surface area contributed by atoms with Crippen molar-refractivity contribution in [3.8, 4) is 22.3 Å². The number of Topliss-reactive ketones (excluding diaryl/α,β-unsaturated/α-hetero) is 2. The Kier molecular flexibility index (Phi) is 4.59. The highest BCUT2D eigenvalue weighted by atomic mass is 16.2. The fraction of sp³-hybridized carbons (Fsp3) is 0.143. The molecular formula is C28H24N2O2. The van der Waals surface area contributed by atoms with E-state index in [1.54, 1.807) is 12.1 Å². The summed E-state index contributed by atoms with van der Waals surface area (Å²) in [6, 6.07) is 24.0. The summed E-state index contributed by atoms with van der Waals surface area (Å²) in [6.07, 6.45) is 0. The second kappa shape index (κ2) is 7.34. The molecule has 4 heteroatoms. The van der Waals surface area contributed by atoms with Crippen LogP contribution in [0.15, 0.2) is 72.8 Å². The van der Waals surface area contributed by atoms with Crippen LogP contribution in [-0.4, -0.2) is 39.8 Å². The summed E-state index contributed by atoms with van der Waals surface area (Å²) in [5, 5.41) is 1.78. The third-order valence-electron chi connectivity index (χ3n) is 6.23. The second-order valence-corrected chi connectivity index (χ2v) is 8.62. The molecule has 4 nitrogen and oxygen atoms in total. The molecule has 0 atom stereocenters. The molecular weight excluding hydrogens is 396 g/mol. The van der Waals surface area contributed by atoms with Crippen molar-refractivity contribution < 1.29 is 9.59 Å². The van der Waals surface area contributed by atoms with E-state index in [9.17, 15) is 9.59 Å². The maximum Gasteiger partial charge on any atom is 0.234 e. The summed E-state index contributed by atoms with van der Waals surface area (Å²) < 4.78 is 0. The highest BCUT2D eigenvalue weighted by molar-refractivity contribution is 6.55. The van der Waals surface area contributed by atoms with Crippen LogP contribution in [0.5, 0.6) is 0 Å². The van der Waals surface area contributed by atoms with E-state index in [4.69, 9.17) is 0 Å². The molecule has 0 heterocycles. The molecule has 1 aliphatic rings. The minimum Gasteiger partial charge on any atom is -0.378 e. The van der Waals surface area contributed by atoms with E-state index < -0.39 is 11.6 Å². The van der Waals surface area contributed by atoms with Gasteiger partial charge in [0.25, 0.3) is 0 Å². The molecule has 0 amide bonds. The van der Waals surface area contributed by atoms with E-state index in [0.29, 0.717) is 11.1 Å². The molecule has 32 heavy (non-hydrogen) atoms. The molecule has 0 aromatic heterocycles. The maximum absolute atomic E-state index is 13.3. The molecule has 0 radical (unpaired) electrons. The Bertz CT molecular complexity index is 1400. The van der Waals surface area contributed by atoms with Gasteiger partial charge in [-0.2, -0.15) is 0 Å². The van der Waals surface area contributed by atoms with Gasteiger partial charge in [0, 0.05) is 50.7 Å².